The van der Waals surface area contributed by atoms with Crippen LogP contribution in [0, 0.1) is 0 Å². The van der Waals surface area contributed by atoms with Gasteiger partial charge in [0.05, 0.1) is 13.2 Å². The van der Waals surface area contributed by atoms with Crippen molar-refractivity contribution in [1.82, 2.24) is 5.32 Å². The lowest BCUT2D eigenvalue weighted by molar-refractivity contribution is -0.157. The second-order valence-corrected chi connectivity index (χ2v) is 4.03. The van der Waals surface area contributed by atoms with Crippen molar-refractivity contribution in [3.63, 3.8) is 0 Å². The minimum Gasteiger partial charge on any atom is -0.464 e. The molecule has 0 spiro atoms. The van der Waals surface area contributed by atoms with Crippen LogP contribution in [0.1, 0.15) is 24.2 Å². The molecule has 0 aliphatic heterocycles. The van der Waals surface area contributed by atoms with Crippen molar-refractivity contribution in [2.75, 3.05) is 18.9 Å². The van der Waals surface area contributed by atoms with Crippen LogP contribution in [0.4, 0.5) is 5.69 Å². The van der Waals surface area contributed by atoms with E-state index in [0.717, 1.165) is 0 Å². The zero-order valence-corrected chi connectivity index (χ0v) is 13.1. The highest BCUT2D eigenvalue weighted by Crippen LogP contribution is 2.06. The Morgan fingerprint density at radius 3 is 1.91 bits per heavy atom. The summed E-state index contributed by atoms with van der Waals surface area (Å²) in [5.74, 6) is -2.32. The Morgan fingerprint density at radius 1 is 1.05 bits per heavy atom. The quantitative estimate of drug-likeness (QED) is 0.456. The molecule has 0 aliphatic carbocycles. The van der Waals surface area contributed by atoms with Crippen molar-refractivity contribution < 1.29 is 23.9 Å². The van der Waals surface area contributed by atoms with Gasteiger partial charge in [0.1, 0.15) is 0 Å². The molecule has 0 aromatic heterocycles. The Morgan fingerprint density at radius 2 is 1.50 bits per heavy atom. The minimum atomic E-state index is -1.49. The van der Waals surface area contributed by atoms with E-state index < -0.39 is 23.9 Å². The smallest absolute Gasteiger partial charge is 0.340 e. The van der Waals surface area contributed by atoms with Gasteiger partial charge in [-0.15, -0.1) is 12.4 Å². The molecule has 0 fully saturated rings. The molecule has 1 aromatic carbocycles. The highest BCUT2D eigenvalue weighted by Gasteiger charge is 2.31. The molecule has 0 saturated carbocycles. The van der Waals surface area contributed by atoms with Gasteiger partial charge in [-0.1, -0.05) is 0 Å². The van der Waals surface area contributed by atoms with Crippen LogP contribution in [-0.2, 0) is 19.1 Å². The van der Waals surface area contributed by atoms with Gasteiger partial charge in [-0.05, 0) is 38.1 Å². The van der Waals surface area contributed by atoms with Crippen LogP contribution in [0.3, 0.4) is 0 Å². The summed E-state index contributed by atoms with van der Waals surface area (Å²) in [5.41, 5.74) is 6.29. The van der Waals surface area contributed by atoms with E-state index in [1.165, 1.54) is 12.1 Å². The van der Waals surface area contributed by atoms with E-state index in [9.17, 15) is 14.4 Å². The van der Waals surface area contributed by atoms with Crippen LogP contribution in [0.5, 0.6) is 0 Å². The highest BCUT2D eigenvalue weighted by atomic mass is 35.5. The summed E-state index contributed by atoms with van der Waals surface area (Å²) in [6.07, 6.45) is 0. The molecule has 1 aromatic rings. The van der Waals surface area contributed by atoms with E-state index in [1.54, 1.807) is 26.0 Å². The predicted molar refractivity (Wildman–Crippen MR) is 82.6 cm³/mol. The minimum absolute atomic E-state index is 0. The average molecular weight is 331 g/mol. The van der Waals surface area contributed by atoms with Crippen LogP contribution in [0.15, 0.2) is 24.3 Å². The Kier molecular flexibility index (Phi) is 8.62. The highest BCUT2D eigenvalue weighted by molar-refractivity contribution is 6.05. The SMILES string of the molecule is CCOC(=O)C(NC(=O)c1ccc(N)cc1)C(=O)OCC.Cl. The fourth-order valence-corrected chi connectivity index (χ4v) is 1.51. The number of amides is 1. The van der Waals surface area contributed by atoms with E-state index >= 15 is 0 Å². The molecule has 3 N–H and O–H groups in total. The topological polar surface area (TPSA) is 108 Å². The van der Waals surface area contributed by atoms with Crippen molar-refractivity contribution >= 4 is 35.9 Å². The maximum absolute atomic E-state index is 12.0. The Labute approximate surface area is 134 Å². The first-order chi connectivity index (χ1) is 9.99. The summed E-state index contributed by atoms with van der Waals surface area (Å²) in [5, 5.41) is 2.29. The number of hydrogen-bond acceptors (Lipinski definition) is 6. The summed E-state index contributed by atoms with van der Waals surface area (Å²) in [4.78, 5) is 35.5. The third-order valence-electron chi connectivity index (χ3n) is 2.49. The number of halogens is 1. The number of carbonyl (C=O) groups is 3. The first kappa shape index (κ1) is 19.7. The molecule has 0 radical (unpaired) electrons. The van der Waals surface area contributed by atoms with Crippen molar-refractivity contribution in [3.8, 4) is 0 Å². The Bertz CT molecular complexity index is 500. The van der Waals surface area contributed by atoms with Gasteiger partial charge in [0, 0.05) is 11.3 Å². The van der Waals surface area contributed by atoms with Crippen molar-refractivity contribution in [2.45, 2.75) is 19.9 Å². The van der Waals surface area contributed by atoms with Gasteiger partial charge in [0.15, 0.2) is 0 Å². The lowest BCUT2D eigenvalue weighted by Gasteiger charge is -2.15. The number of nitrogen functional groups attached to an aromatic ring is 1. The number of esters is 2. The molecule has 0 bridgehead atoms. The van der Waals surface area contributed by atoms with E-state index in [2.05, 4.69) is 5.32 Å². The van der Waals surface area contributed by atoms with E-state index in [0.29, 0.717) is 5.69 Å². The van der Waals surface area contributed by atoms with E-state index in [4.69, 9.17) is 15.2 Å². The Balaban J connectivity index is 0.00000441. The van der Waals surface area contributed by atoms with Crippen LogP contribution in [-0.4, -0.2) is 37.1 Å². The summed E-state index contributed by atoms with van der Waals surface area (Å²) in [6, 6.07) is 4.56. The molecule has 122 valence electrons. The summed E-state index contributed by atoms with van der Waals surface area (Å²) in [6.45, 7) is 3.38. The largest absolute Gasteiger partial charge is 0.464 e. The van der Waals surface area contributed by atoms with Gasteiger partial charge in [-0.2, -0.15) is 0 Å². The molecule has 22 heavy (non-hydrogen) atoms. The van der Waals surface area contributed by atoms with Gasteiger partial charge >= 0.3 is 11.9 Å². The summed E-state index contributed by atoms with van der Waals surface area (Å²) < 4.78 is 9.51. The fourth-order valence-electron chi connectivity index (χ4n) is 1.51. The lowest BCUT2D eigenvalue weighted by Crippen LogP contribution is -2.48. The van der Waals surface area contributed by atoms with E-state index in [-0.39, 0.29) is 31.2 Å². The third kappa shape index (κ3) is 5.61. The molecule has 7 nitrogen and oxygen atoms in total. The van der Waals surface area contributed by atoms with Gasteiger partial charge in [0.2, 0.25) is 6.04 Å². The maximum Gasteiger partial charge on any atom is 0.340 e. The zero-order chi connectivity index (χ0) is 15.8. The number of ether oxygens (including phenoxy) is 2. The number of hydrogen-bond donors (Lipinski definition) is 2. The second kappa shape index (κ2) is 9.62. The van der Waals surface area contributed by atoms with Crippen molar-refractivity contribution in [3.05, 3.63) is 29.8 Å². The van der Waals surface area contributed by atoms with Gasteiger partial charge in [-0.25, -0.2) is 9.59 Å². The number of benzene rings is 1. The number of rotatable bonds is 6. The zero-order valence-electron chi connectivity index (χ0n) is 12.3. The van der Waals surface area contributed by atoms with Crippen LogP contribution in [0.2, 0.25) is 0 Å². The van der Waals surface area contributed by atoms with Crippen molar-refractivity contribution in [2.24, 2.45) is 0 Å². The third-order valence-corrected chi connectivity index (χ3v) is 2.49. The second-order valence-electron chi connectivity index (χ2n) is 4.03. The molecule has 0 aliphatic rings. The van der Waals surface area contributed by atoms with Crippen molar-refractivity contribution in [1.29, 1.82) is 0 Å². The van der Waals surface area contributed by atoms with Crippen LogP contribution in [0.25, 0.3) is 0 Å². The first-order valence-corrected chi connectivity index (χ1v) is 6.49. The molecule has 1 rings (SSSR count). The predicted octanol–water partition coefficient (Wildman–Crippen LogP) is 0.915. The van der Waals surface area contributed by atoms with Gasteiger partial charge < -0.3 is 20.5 Å². The van der Waals surface area contributed by atoms with Crippen LogP contribution < -0.4 is 11.1 Å². The Hall–Kier alpha value is -2.28. The summed E-state index contributed by atoms with van der Waals surface area (Å²) >= 11 is 0. The molecular weight excluding hydrogens is 312 g/mol. The van der Waals surface area contributed by atoms with E-state index in [1.807, 2.05) is 0 Å². The number of nitrogens with one attached hydrogen (secondary N) is 1. The maximum atomic E-state index is 12.0. The molecule has 0 saturated heterocycles. The molecule has 8 heteroatoms. The molecule has 1 amide bonds. The number of carbonyl (C=O) groups excluding carboxylic acids is 3. The van der Waals surface area contributed by atoms with Gasteiger partial charge in [0.25, 0.3) is 5.91 Å². The van der Waals surface area contributed by atoms with Crippen LogP contribution >= 0.6 is 12.4 Å². The number of nitrogens with two attached hydrogens (primary N) is 1. The number of anilines is 1. The average Bonchev–Trinajstić information content (AvgIpc) is 2.45. The first-order valence-electron chi connectivity index (χ1n) is 6.49. The normalized spacial score (nSPS) is 9.59. The monoisotopic (exact) mass is 330 g/mol. The standard InChI is InChI=1S/C14H18N2O5.ClH/c1-3-20-13(18)11(14(19)21-4-2)16-12(17)9-5-7-10(15)8-6-9;/h5-8,11H,3-4,15H2,1-2H3,(H,16,17);1H. The molecule has 0 heterocycles. The fraction of sp³-hybridized carbons (Fsp3) is 0.357. The molecule has 0 atom stereocenters. The lowest BCUT2D eigenvalue weighted by atomic mass is 10.2. The van der Waals surface area contributed by atoms with Gasteiger partial charge in [-0.3, -0.25) is 4.79 Å². The summed E-state index contributed by atoms with van der Waals surface area (Å²) in [7, 11) is 0. The molecule has 0 unspecified atom stereocenters. The molecular formula is C14H19ClN2O5.